The number of nitrogens with one attached hydrogen (secondary N) is 1. The summed E-state index contributed by atoms with van der Waals surface area (Å²) >= 11 is 1.29. The maximum atomic E-state index is 13.9. The third-order valence-corrected chi connectivity index (χ3v) is 7.48. The zero-order valence-corrected chi connectivity index (χ0v) is 21.7. The first kappa shape index (κ1) is 25.0. The molecule has 1 fully saturated rings. The number of carbonyl (C=O) groups excluding carboxylic acids is 2. The average molecular weight is 520 g/mol. The molecule has 1 aromatic carbocycles. The highest BCUT2D eigenvalue weighted by atomic mass is 32.2. The van der Waals surface area contributed by atoms with Crippen molar-refractivity contribution in [2.75, 3.05) is 17.9 Å². The Labute approximate surface area is 220 Å². The fraction of sp³-hybridized carbons (Fsp3) is 0.370. The maximum absolute atomic E-state index is 13.9. The minimum Gasteiger partial charge on any atom is -0.454 e. The molecule has 2 aliphatic rings. The Balaban J connectivity index is 1.41. The predicted octanol–water partition coefficient (Wildman–Crippen LogP) is 4.29. The number of aromatic nitrogens is 3. The van der Waals surface area contributed by atoms with Crippen LogP contribution in [0.15, 0.2) is 53.9 Å². The molecule has 192 valence electrons. The highest BCUT2D eigenvalue weighted by molar-refractivity contribution is 7.99. The van der Waals surface area contributed by atoms with Gasteiger partial charge in [0.1, 0.15) is 5.54 Å². The molecule has 1 aliphatic heterocycles. The van der Waals surface area contributed by atoms with E-state index in [4.69, 9.17) is 9.47 Å². The molecule has 5 rings (SSSR count). The van der Waals surface area contributed by atoms with Gasteiger partial charge in [0.2, 0.25) is 18.6 Å². The zero-order valence-electron chi connectivity index (χ0n) is 20.9. The van der Waals surface area contributed by atoms with Crippen LogP contribution in [0, 0.1) is 13.8 Å². The fourth-order valence-electron chi connectivity index (χ4n) is 4.92. The van der Waals surface area contributed by atoms with Crippen molar-refractivity contribution in [3.05, 3.63) is 65.7 Å². The monoisotopic (exact) mass is 519 g/mol. The molecule has 0 spiro atoms. The predicted molar refractivity (Wildman–Crippen MR) is 139 cm³/mol. The van der Waals surface area contributed by atoms with E-state index in [1.807, 2.05) is 32.0 Å². The molecule has 2 amide bonds. The van der Waals surface area contributed by atoms with Gasteiger partial charge in [-0.3, -0.25) is 14.6 Å². The third-order valence-electron chi connectivity index (χ3n) is 6.65. The number of aryl methyl sites for hydroxylation is 2. The molecule has 3 aromatic rings. The molecular weight excluding hydrogens is 490 g/mol. The summed E-state index contributed by atoms with van der Waals surface area (Å²) < 4.78 is 10.9. The van der Waals surface area contributed by atoms with Gasteiger partial charge in [-0.1, -0.05) is 30.7 Å². The Bertz CT molecular complexity index is 1280. The summed E-state index contributed by atoms with van der Waals surface area (Å²) in [7, 11) is 0. The summed E-state index contributed by atoms with van der Waals surface area (Å²) in [5.41, 5.74) is 2.20. The summed E-state index contributed by atoms with van der Waals surface area (Å²) in [6.07, 6.45) is 6.32. The molecule has 1 aliphatic carbocycles. The highest BCUT2D eigenvalue weighted by Gasteiger charge is 2.48. The van der Waals surface area contributed by atoms with Crippen LogP contribution < -0.4 is 14.8 Å². The number of hydrogen-bond acceptors (Lipinski definition) is 8. The van der Waals surface area contributed by atoms with E-state index in [0.717, 1.165) is 29.8 Å². The number of carbonyl (C=O) groups is 2. The number of rotatable bonds is 8. The fourth-order valence-corrected chi connectivity index (χ4v) is 5.74. The van der Waals surface area contributed by atoms with Crippen molar-refractivity contribution < 1.29 is 19.1 Å². The van der Waals surface area contributed by atoms with Gasteiger partial charge in [-0.05, 0) is 56.5 Å². The summed E-state index contributed by atoms with van der Waals surface area (Å²) in [6, 6.07) is 11.0. The van der Waals surface area contributed by atoms with Crippen molar-refractivity contribution in [3.63, 3.8) is 0 Å². The normalized spacial score (nSPS) is 15.4. The minimum absolute atomic E-state index is 0.127. The van der Waals surface area contributed by atoms with Gasteiger partial charge < -0.3 is 19.7 Å². The molecule has 0 saturated heterocycles. The first-order valence-corrected chi connectivity index (χ1v) is 13.3. The van der Waals surface area contributed by atoms with E-state index in [9.17, 15) is 9.59 Å². The molecule has 37 heavy (non-hydrogen) atoms. The van der Waals surface area contributed by atoms with Crippen LogP contribution in [-0.4, -0.2) is 49.8 Å². The van der Waals surface area contributed by atoms with Gasteiger partial charge in [-0.25, -0.2) is 9.97 Å². The topological polar surface area (TPSA) is 107 Å². The Morgan fingerprint density at radius 1 is 1.05 bits per heavy atom. The highest BCUT2D eigenvalue weighted by Crippen LogP contribution is 2.39. The smallest absolute Gasteiger partial charge is 0.250 e. The largest absolute Gasteiger partial charge is 0.454 e. The van der Waals surface area contributed by atoms with Crippen LogP contribution in [-0.2, 0) is 16.1 Å². The van der Waals surface area contributed by atoms with Crippen LogP contribution >= 0.6 is 11.8 Å². The van der Waals surface area contributed by atoms with Crippen LogP contribution in [0.5, 0.6) is 11.5 Å². The number of ether oxygens (including phenoxy) is 2. The molecule has 9 nitrogen and oxygen atoms in total. The molecule has 0 atom stereocenters. The first-order chi connectivity index (χ1) is 17.9. The molecule has 0 bridgehead atoms. The van der Waals surface area contributed by atoms with Crippen molar-refractivity contribution in [1.29, 1.82) is 0 Å². The van der Waals surface area contributed by atoms with Crippen molar-refractivity contribution in [2.45, 2.75) is 56.8 Å². The number of thioether (sulfide) groups is 1. The van der Waals surface area contributed by atoms with Gasteiger partial charge in [-0.15, -0.1) is 0 Å². The van der Waals surface area contributed by atoms with Gasteiger partial charge in [0.15, 0.2) is 16.7 Å². The van der Waals surface area contributed by atoms with E-state index in [1.54, 1.807) is 35.5 Å². The van der Waals surface area contributed by atoms with Crippen LogP contribution in [0.4, 0.5) is 5.69 Å². The second-order valence-electron chi connectivity index (χ2n) is 9.32. The average Bonchev–Trinajstić information content (AvgIpc) is 3.56. The molecule has 0 radical (unpaired) electrons. The lowest BCUT2D eigenvalue weighted by Gasteiger charge is -2.40. The van der Waals surface area contributed by atoms with Gasteiger partial charge in [-0.2, -0.15) is 0 Å². The second kappa shape index (κ2) is 10.8. The van der Waals surface area contributed by atoms with E-state index < -0.39 is 5.54 Å². The lowest BCUT2D eigenvalue weighted by atomic mass is 9.92. The zero-order chi connectivity index (χ0) is 25.8. The number of fused-ring (bicyclic) bond motifs is 1. The van der Waals surface area contributed by atoms with Gasteiger partial charge in [0.25, 0.3) is 0 Å². The van der Waals surface area contributed by atoms with E-state index in [0.29, 0.717) is 35.2 Å². The quantitative estimate of drug-likeness (QED) is 0.347. The molecule has 2 aromatic heterocycles. The SMILES string of the molecule is Cc1cc(C)nc(SCC(=O)N(Cc2cccnc2)C2(C(=O)Nc3ccc4c(c3)OCO4)CCCC2)n1. The number of pyridine rings is 1. The second-order valence-corrected chi connectivity index (χ2v) is 10.3. The van der Waals surface area contributed by atoms with Crippen molar-refractivity contribution in [3.8, 4) is 11.5 Å². The molecule has 10 heteroatoms. The molecule has 1 saturated carbocycles. The lowest BCUT2D eigenvalue weighted by Crippen LogP contribution is -2.57. The van der Waals surface area contributed by atoms with Crippen LogP contribution in [0.3, 0.4) is 0 Å². The summed E-state index contributed by atoms with van der Waals surface area (Å²) in [5.74, 6) is 1.02. The molecular formula is C27H29N5O4S. The first-order valence-electron chi connectivity index (χ1n) is 12.3. The van der Waals surface area contributed by atoms with Gasteiger partial charge in [0, 0.05) is 42.1 Å². The Morgan fingerprint density at radius 3 is 2.54 bits per heavy atom. The minimum atomic E-state index is -0.979. The van der Waals surface area contributed by atoms with Gasteiger partial charge in [0.05, 0.1) is 5.75 Å². The van der Waals surface area contributed by atoms with Crippen LogP contribution in [0.2, 0.25) is 0 Å². The van der Waals surface area contributed by atoms with Gasteiger partial charge >= 0.3 is 0 Å². The Hall–Kier alpha value is -3.66. The number of nitrogens with zero attached hydrogens (tertiary/aromatic N) is 4. The van der Waals surface area contributed by atoms with Crippen molar-refractivity contribution in [1.82, 2.24) is 19.9 Å². The standard InChI is InChI=1S/C27H29N5O4S/c1-18-12-19(2)30-26(29-18)37-16-24(33)32(15-20-6-5-11-28-14-20)27(9-3-4-10-27)25(34)31-21-7-8-22-23(13-21)36-17-35-22/h5-8,11-14H,3-4,9-10,15-17H2,1-2H3,(H,31,34). The lowest BCUT2D eigenvalue weighted by molar-refractivity contribution is -0.144. The van der Waals surface area contributed by atoms with E-state index in [1.165, 1.54) is 11.8 Å². The Kier molecular flexibility index (Phi) is 7.27. The number of amides is 2. The van der Waals surface area contributed by atoms with E-state index in [-0.39, 0.29) is 30.9 Å². The molecule has 3 heterocycles. The Morgan fingerprint density at radius 2 is 1.81 bits per heavy atom. The number of hydrogen-bond donors (Lipinski definition) is 1. The molecule has 0 unspecified atom stereocenters. The third kappa shape index (κ3) is 5.53. The summed E-state index contributed by atoms with van der Waals surface area (Å²) in [5, 5.41) is 3.60. The van der Waals surface area contributed by atoms with Crippen LogP contribution in [0.1, 0.15) is 42.6 Å². The van der Waals surface area contributed by atoms with Crippen molar-refractivity contribution >= 4 is 29.3 Å². The summed E-state index contributed by atoms with van der Waals surface area (Å²) in [4.78, 5) is 42.6. The van der Waals surface area contributed by atoms with Crippen LogP contribution in [0.25, 0.3) is 0 Å². The molecule has 1 N–H and O–H groups in total. The van der Waals surface area contributed by atoms with Crippen molar-refractivity contribution in [2.24, 2.45) is 0 Å². The summed E-state index contributed by atoms with van der Waals surface area (Å²) in [6.45, 7) is 4.26. The number of anilines is 1. The van der Waals surface area contributed by atoms with E-state index >= 15 is 0 Å². The number of benzene rings is 1. The maximum Gasteiger partial charge on any atom is 0.250 e. The van der Waals surface area contributed by atoms with E-state index in [2.05, 4.69) is 20.3 Å².